The lowest BCUT2D eigenvalue weighted by molar-refractivity contribution is -0.384. The van der Waals surface area contributed by atoms with E-state index in [1.807, 2.05) is 0 Å². The second-order valence-electron chi connectivity index (χ2n) is 7.68. The average molecular weight is 495 g/mol. The van der Waals surface area contributed by atoms with Crippen LogP contribution >= 0.6 is 12.2 Å². The van der Waals surface area contributed by atoms with Gasteiger partial charge in [-0.3, -0.25) is 25.0 Å². The number of hydrogen-bond acceptors (Lipinski definition) is 6. The zero-order valence-electron chi connectivity index (χ0n) is 18.9. The Morgan fingerprint density at radius 2 is 1.83 bits per heavy atom. The number of aromatic nitrogens is 1. The van der Waals surface area contributed by atoms with Crippen molar-refractivity contribution in [3.63, 3.8) is 0 Å². The smallest absolute Gasteiger partial charge is 0.296 e. The van der Waals surface area contributed by atoms with E-state index in [-0.39, 0.29) is 22.1 Å². The van der Waals surface area contributed by atoms with Crippen LogP contribution in [0.15, 0.2) is 54.1 Å². The first kappa shape index (κ1) is 23.8. The Labute approximate surface area is 204 Å². The van der Waals surface area contributed by atoms with Crippen LogP contribution in [0, 0.1) is 29.8 Å². The number of nitro groups is 1. The maximum atomic E-state index is 14.4. The van der Waals surface area contributed by atoms with Crippen LogP contribution < -0.4 is 15.0 Å². The van der Waals surface area contributed by atoms with E-state index in [0.29, 0.717) is 28.4 Å². The van der Waals surface area contributed by atoms with Crippen molar-refractivity contribution in [2.24, 2.45) is 0 Å². The van der Waals surface area contributed by atoms with Gasteiger partial charge in [0.1, 0.15) is 22.8 Å². The van der Waals surface area contributed by atoms with Crippen molar-refractivity contribution >= 4 is 46.6 Å². The van der Waals surface area contributed by atoms with Gasteiger partial charge >= 0.3 is 0 Å². The second-order valence-corrected chi connectivity index (χ2v) is 8.07. The van der Waals surface area contributed by atoms with E-state index in [1.165, 1.54) is 37.5 Å². The number of para-hydroxylation sites is 1. The SMILES string of the molecule is COc1ccc(-n2c(C)cc(/C=C3/C(=O)NC(=S)N(c4ccccc4F)C3=O)c2C)c([N+](=O)[O-])c1. The van der Waals surface area contributed by atoms with E-state index < -0.39 is 22.6 Å². The molecular weight excluding hydrogens is 475 g/mol. The number of nitro benzene ring substituents is 1. The molecule has 1 saturated heterocycles. The summed E-state index contributed by atoms with van der Waals surface area (Å²) in [6.45, 7) is 3.45. The molecule has 0 aliphatic carbocycles. The average Bonchev–Trinajstić information content (AvgIpc) is 3.09. The van der Waals surface area contributed by atoms with Crippen LogP contribution in [0.1, 0.15) is 17.0 Å². The summed E-state index contributed by atoms with van der Waals surface area (Å²) in [6.07, 6.45) is 1.36. The second kappa shape index (κ2) is 9.11. The van der Waals surface area contributed by atoms with E-state index in [2.05, 4.69) is 5.32 Å². The number of anilines is 1. The Kier molecular flexibility index (Phi) is 6.18. The molecule has 9 nitrogen and oxygen atoms in total. The third-order valence-corrected chi connectivity index (χ3v) is 5.87. The molecular formula is C24H19FN4O5S. The first-order chi connectivity index (χ1) is 16.6. The molecule has 3 aromatic rings. The molecule has 1 aliphatic heterocycles. The number of carbonyl (C=O) groups excluding carboxylic acids is 2. The first-order valence-corrected chi connectivity index (χ1v) is 10.7. The fourth-order valence-corrected chi connectivity index (χ4v) is 4.21. The lowest BCUT2D eigenvalue weighted by atomic mass is 10.1. The fourth-order valence-electron chi connectivity index (χ4n) is 3.93. The van der Waals surface area contributed by atoms with Gasteiger partial charge in [0.15, 0.2) is 5.11 Å². The number of aryl methyl sites for hydroxylation is 1. The molecule has 1 aromatic heterocycles. The molecule has 2 heterocycles. The predicted octanol–water partition coefficient (Wildman–Crippen LogP) is 3.98. The summed E-state index contributed by atoms with van der Waals surface area (Å²) in [5.41, 5.74) is 1.44. The Balaban J connectivity index is 1.81. The molecule has 0 bridgehead atoms. The summed E-state index contributed by atoms with van der Waals surface area (Å²) in [6, 6.07) is 11.7. The number of ether oxygens (including phenoxy) is 1. The minimum absolute atomic E-state index is 0.0901. The zero-order chi connectivity index (χ0) is 25.4. The van der Waals surface area contributed by atoms with Gasteiger partial charge in [0, 0.05) is 11.4 Å². The topological polar surface area (TPSA) is 107 Å². The number of rotatable bonds is 5. The van der Waals surface area contributed by atoms with Crippen molar-refractivity contribution in [1.29, 1.82) is 0 Å². The van der Waals surface area contributed by atoms with E-state index >= 15 is 0 Å². The molecule has 0 radical (unpaired) electrons. The number of methoxy groups -OCH3 is 1. The van der Waals surface area contributed by atoms with E-state index in [4.69, 9.17) is 17.0 Å². The summed E-state index contributed by atoms with van der Waals surface area (Å²) >= 11 is 5.12. The Morgan fingerprint density at radius 3 is 2.49 bits per heavy atom. The lowest BCUT2D eigenvalue weighted by Crippen LogP contribution is -2.54. The maximum Gasteiger partial charge on any atom is 0.296 e. The molecule has 0 unspecified atom stereocenters. The molecule has 1 aliphatic rings. The number of amides is 2. The Hall–Kier alpha value is -4.38. The van der Waals surface area contributed by atoms with Gasteiger partial charge in [0.25, 0.3) is 17.5 Å². The van der Waals surface area contributed by atoms with Crippen LogP contribution in [0.25, 0.3) is 11.8 Å². The van der Waals surface area contributed by atoms with Crippen LogP contribution in [0.2, 0.25) is 0 Å². The molecule has 11 heteroatoms. The minimum Gasteiger partial charge on any atom is -0.496 e. The Morgan fingerprint density at radius 1 is 1.11 bits per heavy atom. The lowest BCUT2D eigenvalue weighted by Gasteiger charge is -2.29. The van der Waals surface area contributed by atoms with Gasteiger partial charge in [-0.1, -0.05) is 12.1 Å². The molecule has 4 rings (SSSR count). The van der Waals surface area contributed by atoms with Crippen LogP contribution in [-0.2, 0) is 9.59 Å². The highest BCUT2D eigenvalue weighted by Gasteiger charge is 2.36. The molecule has 0 atom stereocenters. The van der Waals surface area contributed by atoms with E-state index in [0.717, 1.165) is 4.90 Å². The van der Waals surface area contributed by atoms with Crippen LogP contribution in [0.4, 0.5) is 15.8 Å². The van der Waals surface area contributed by atoms with Crippen LogP contribution in [0.3, 0.4) is 0 Å². The summed E-state index contributed by atoms with van der Waals surface area (Å²) in [5, 5.41) is 13.9. The Bertz CT molecular complexity index is 1450. The van der Waals surface area contributed by atoms with Gasteiger partial charge in [-0.2, -0.15) is 0 Å². The summed E-state index contributed by atoms with van der Waals surface area (Å²) in [7, 11) is 1.41. The predicted molar refractivity (Wildman–Crippen MR) is 131 cm³/mol. The minimum atomic E-state index is -0.788. The summed E-state index contributed by atoms with van der Waals surface area (Å²) < 4.78 is 21.1. The third-order valence-electron chi connectivity index (χ3n) is 5.59. The number of thiocarbonyl (C=S) groups is 1. The van der Waals surface area contributed by atoms with Crippen molar-refractivity contribution in [3.05, 3.63) is 87.0 Å². The number of halogens is 1. The fraction of sp³-hybridized carbons (Fsp3) is 0.125. The van der Waals surface area contributed by atoms with Crippen LogP contribution in [0.5, 0.6) is 5.75 Å². The van der Waals surface area contributed by atoms with Gasteiger partial charge in [0.05, 0.1) is 23.8 Å². The van der Waals surface area contributed by atoms with Gasteiger partial charge in [0.2, 0.25) is 0 Å². The highest BCUT2D eigenvalue weighted by atomic mass is 32.1. The normalized spacial score (nSPS) is 14.9. The monoisotopic (exact) mass is 494 g/mol. The van der Waals surface area contributed by atoms with Crippen LogP contribution in [-0.4, -0.2) is 33.5 Å². The van der Waals surface area contributed by atoms with E-state index in [1.54, 1.807) is 42.7 Å². The molecule has 1 fully saturated rings. The van der Waals surface area contributed by atoms with Gasteiger partial charge in [-0.05, 0) is 68.0 Å². The molecule has 1 N–H and O–H groups in total. The molecule has 2 amide bonds. The summed E-state index contributed by atoms with van der Waals surface area (Å²) in [4.78, 5) is 38.0. The van der Waals surface area contributed by atoms with Crippen molar-refractivity contribution in [1.82, 2.24) is 9.88 Å². The number of nitrogens with one attached hydrogen (secondary N) is 1. The number of hydrogen-bond donors (Lipinski definition) is 1. The van der Waals surface area contributed by atoms with E-state index in [9.17, 15) is 24.1 Å². The maximum absolute atomic E-state index is 14.4. The van der Waals surface area contributed by atoms with Gasteiger partial charge in [-0.25, -0.2) is 9.29 Å². The summed E-state index contributed by atoms with van der Waals surface area (Å²) in [5.74, 6) is -1.86. The molecule has 178 valence electrons. The number of benzene rings is 2. The standard InChI is InChI=1S/C24H19FN4O5S/c1-13-10-15(14(2)27(13)20-9-8-16(34-3)12-21(20)29(32)33)11-17-22(30)26-24(35)28(23(17)31)19-7-5-4-6-18(19)25/h4-12H,1-3H3,(H,26,30,35)/b17-11-. The van der Waals surface area contributed by atoms with Crippen molar-refractivity contribution in [2.45, 2.75) is 13.8 Å². The van der Waals surface area contributed by atoms with Crippen molar-refractivity contribution in [3.8, 4) is 11.4 Å². The third kappa shape index (κ3) is 4.17. The van der Waals surface area contributed by atoms with Crippen molar-refractivity contribution < 1.29 is 23.6 Å². The highest BCUT2D eigenvalue weighted by molar-refractivity contribution is 7.80. The van der Waals surface area contributed by atoms with Gasteiger partial charge < -0.3 is 9.30 Å². The molecule has 35 heavy (non-hydrogen) atoms. The molecule has 0 spiro atoms. The van der Waals surface area contributed by atoms with Gasteiger partial charge in [-0.15, -0.1) is 0 Å². The largest absolute Gasteiger partial charge is 0.496 e. The number of nitrogens with zero attached hydrogens (tertiary/aromatic N) is 3. The van der Waals surface area contributed by atoms with Crippen molar-refractivity contribution in [2.75, 3.05) is 12.0 Å². The molecule has 2 aromatic carbocycles. The number of carbonyl (C=O) groups is 2. The zero-order valence-corrected chi connectivity index (χ0v) is 19.7. The quantitative estimate of drug-likeness (QED) is 0.189. The highest BCUT2D eigenvalue weighted by Crippen LogP contribution is 2.32. The first-order valence-electron chi connectivity index (χ1n) is 10.3. The molecule has 0 saturated carbocycles.